The third kappa shape index (κ3) is 2.45. The number of hydrogen-bond donors (Lipinski definition) is 1. The molecular formula is C15H20N2O2. The highest BCUT2D eigenvalue weighted by Crippen LogP contribution is 2.34. The summed E-state index contributed by atoms with van der Waals surface area (Å²) in [5.74, 6) is 1.96. The molecule has 102 valence electrons. The van der Waals surface area contributed by atoms with Gasteiger partial charge in [0.1, 0.15) is 11.3 Å². The average Bonchev–Trinajstić information content (AvgIpc) is 2.90. The highest BCUT2D eigenvalue weighted by Gasteiger charge is 2.25. The molecule has 0 amide bonds. The smallest absolute Gasteiger partial charge is 0.212 e. The minimum atomic E-state index is -0.0845. The first kappa shape index (κ1) is 12.5. The number of benzene rings is 1. The Morgan fingerprint density at radius 1 is 1.32 bits per heavy atom. The molecule has 4 nitrogen and oxygen atoms in total. The summed E-state index contributed by atoms with van der Waals surface area (Å²) in [4.78, 5) is 4.52. The van der Waals surface area contributed by atoms with Crippen molar-refractivity contribution in [1.29, 1.82) is 0 Å². The van der Waals surface area contributed by atoms with Crippen LogP contribution in [0, 0.1) is 5.92 Å². The zero-order valence-electron chi connectivity index (χ0n) is 11.3. The van der Waals surface area contributed by atoms with Crippen LogP contribution < -0.4 is 10.5 Å². The minimum Gasteiger partial charge on any atom is -0.497 e. The molecule has 1 fully saturated rings. The zero-order valence-corrected chi connectivity index (χ0v) is 11.3. The second-order valence-corrected chi connectivity index (χ2v) is 5.31. The molecule has 1 atom stereocenters. The van der Waals surface area contributed by atoms with Crippen molar-refractivity contribution >= 4 is 11.1 Å². The van der Waals surface area contributed by atoms with Crippen LogP contribution in [-0.2, 0) is 0 Å². The number of methoxy groups -OCH3 is 1. The molecule has 0 spiro atoms. The second-order valence-electron chi connectivity index (χ2n) is 5.31. The van der Waals surface area contributed by atoms with Crippen LogP contribution in [0.25, 0.3) is 11.1 Å². The summed E-state index contributed by atoms with van der Waals surface area (Å²) in [6, 6.07) is 5.57. The zero-order chi connectivity index (χ0) is 13.2. The van der Waals surface area contributed by atoms with Gasteiger partial charge in [-0.25, -0.2) is 4.98 Å². The van der Waals surface area contributed by atoms with Crippen molar-refractivity contribution in [2.75, 3.05) is 7.11 Å². The molecule has 0 saturated heterocycles. The number of ether oxygens (including phenoxy) is 1. The lowest BCUT2D eigenvalue weighted by atomic mass is 9.84. The van der Waals surface area contributed by atoms with Gasteiger partial charge in [0.15, 0.2) is 5.58 Å². The number of nitrogens with two attached hydrogens (primary N) is 1. The summed E-state index contributed by atoms with van der Waals surface area (Å²) in [6.45, 7) is 0. The lowest BCUT2D eigenvalue weighted by Gasteiger charge is -2.25. The van der Waals surface area contributed by atoms with E-state index in [2.05, 4.69) is 4.98 Å². The number of nitrogens with zero attached hydrogens (tertiary/aromatic N) is 1. The van der Waals surface area contributed by atoms with Gasteiger partial charge in [0.2, 0.25) is 5.89 Å². The van der Waals surface area contributed by atoms with E-state index in [-0.39, 0.29) is 6.04 Å². The van der Waals surface area contributed by atoms with Crippen LogP contribution in [0.4, 0.5) is 0 Å². The van der Waals surface area contributed by atoms with E-state index in [4.69, 9.17) is 14.9 Å². The van der Waals surface area contributed by atoms with Crippen LogP contribution >= 0.6 is 0 Å². The molecule has 1 aliphatic carbocycles. The van der Waals surface area contributed by atoms with Gasteiger partial charge >= 0.3 is 0 Å². The molecule has 4 heteroatoms. The van der Waals surface area contributed by atoms with E-state index in [9.17, 15) is 0 Å². The van der Waals surface area contributed by atoms with Gasteiger partial charge in [0.25, 0.3) is 0 Å². The van der Waals surface area contributed by atoms with E-state index in [0.717, 1.165) is 16.8 Å². The van der Waals surface area contributed by atoms with Crippen LogP contribution in [0.3, 0.4) is 0 Å². The topological polar surface area (TPSA) is 61.3 Å². The highest BCUT2D eigenvalue weighted by molar-refractivity contribution is 5.74. The Morgan fingerprint density at radius 2 is 2.11 bits per heavy atom. The Labute approximate surface area is 112 Å². The molecule has 1 aromatic heterocycles. The Balaban J connectivity index is 1.87. The normalized spacial score (nSPS) is 18.6. The van der Waals surface area contributed by atoms with E-state index < -0.39 is 0 Å². The lowest BCUT2D eigenvalue weighted by Crippen LogP contribution is -2.23. The van der Waals surface area contributed by atoms with E-state index >= 15 is 0 Å². The van der Waals surface area contributed by atoms with Crippen molar-refractivity contribution in [1.82, 2.24) is 4.98 Å². The van der Waals surface area contributed by atoms with Crippen LogP contribution in [0.5, 0.6) is 5.75 Å². The number of aromatic nitrogens is 1. The molecule has 1 aromatic carbocycles. The fraction of sp³-hybridized carbons (Fsp3) is 0.533. The molecule has 0 radical (unpaired) electrons. The molecule has 1 saturated carbocycles. The Hall–Kier alpha value is -1.55. The molecule has 1 aliphatic rings. The molecule has 1 unspecified atom stereocenters. The van der Waals surface area contributed by atoms with E-state index in [1.807, 2.05) is 18.2 Å². The predicted octanol–water partition coefficient (Wildman–Crippen LogP) is 3.42. The third-order valence-corrected chi connectivity index (χ3v) is 4.05. The molecule has 3 rings (SSSR count). The molecule has 0 aliphatic heterocycles. The van der Waals surface area contributed by atoms with E-state index in [0.29, 0.717) is 11.8 Å². The third-order valence-electron chi connectivity index (χ3n) is 4.05. The molecule has 2 N–H and O–H groups in total. The maximum Gasteiger partial charge on any atom is 0.212 e. The van der Waals surface area contributed by atoms with Crippen LogP contribution in [0.15, 0.2) is 22.6 Å². The summed E-state index contributed by atoms with van der Waals surface area (Å²) in [7, 11) is 1.65. The summed E-state index contributed by atoms with van der Waals surface area (Å²) < 4.78 is 11.0. The van der Waals surface area contributed by atoms with Gasteiger partial charge in [-0.3, -0.25) is 0 Å². The number of rotatable bonds is 3. The lowest BCUT2D eigenvalue weighted by molar-refractivity contribution is 0.278. The number of fused-ring (bicyclic) bond motifs is 1. The maximum absolute atomic E-state index is 6.32. The Morgan fingerprint density at radius 3 is 2.84 bits per heavy atom. The standard InChI is InChI=1S/C15H20N2O2/c1-18-11-7-8-13-12(9-11)17-15(19-13)14(16)10-5-3-2-4-6-10/h7-10,14H,2-6,16H2,1H3. The predicted molar refractivity (Wildman–Crippen MR) is 74.1 cm³/mol. The van der Waals surface area contributed by atoms with Crippen molar-refractivity contribution in [3.63, 3.8) is 0 Å². The summed E-state index contributed by atoms with van der Waals surface area (Å²) >= 11 is 0. The van der Waals surface area contributed by atoms with Crippen molar-refractivity contribution < 1.29 is 9.15 Å². The second kappa shape index (κ2) is 5.21. The fourth-order valence-corrected chi connectivity index (χ4v) is 2.89. The molecule has 1 heterocycles. The first-order valence-corrected chi connectivity index (χ1v) is 6.98. The molecule has 0 bridgehead atoms. The average molecular weight is 260 g/mol. The van der Waals surface area contributed by atoms with E-state index in [1.165, 1.54) is 32.1 Å². The van der Waals surface area contributed by atoms with Gasteiger partial charge in [-0.2, -0.15) is 0 Å². The first-order valence-electron chi connectivity index (χ1n) is 6.98. The minimum absolute atomic E-state index is 0.0845. The van der Waals surface area contributed by atoms with Crippen LogP contribution in [0.1, 0.15) is 44.0 Å². The van der Waals surface area contributed by atoms with Crippen molar-refractivity contribution in [3.05, 3.63) is 24.1 Å². The van der Waals surface area contributed by atoms with Gasteiger partial charge < -0.3 is 14.9 Å². The first-order chi connectivity index (χ1) is 9.28. The Kier molecular flexibility index (Phi) is 3.42. The largest absolute Gasteiger partial charge is 0.497 e. The quantitative estimate of drug-likeness (QED) is 0.918. The highest BCUT2D eigenvalue weighted by atomic mass is 16.5. The molecule has 2 aromatic rings. The number of hydrogen-bond acceptors (Lipinski definition) is 4. The van der Waals surface area contributed by atoms with Gasteiger partial charge in [0, 0.05) is 6.07 Å². The molecule has 19 heavy (non-hydrogen) atoms. The van der Waals surface area contributed by atoms with Crippen LogP contribution in [0.2, 0.25) is 0 Å². The van der Waals surface area contributed by atoms with E-state index in [1.54, 1.807) is 7.11 Å². The van der Waals surface area contributed by atoms with Gasteiger partial charge in [-0.15, -0.1) is 0 Å². The SMILES string of the molecule is COc1ccc2oc(C(N)C3CCCCC3)nc2c1. The Bertz CT molecular complexity index is 558. The fourth-order valence-electron chi connectivity index (χ4n) is 2.89. The van der Waals surface area contributed by atoms with Gasteiger partial charge in [-0.1, -0.05) is 19.3 Å². The monoisotopic (exact) mass is 260 g/mol. The summed E-state index contributed by atoms with van der Waals surface area (Å²) in [6.07, 6.45) is 6.24. The summed E-state index contributed by atoms with van der Waals surface area (Å²) in [5.41, 5.74) is 7.92. The van der Waals surface area contributed by atoms with Crippen molar-refractivity contribution in [3.8, 4) is 5.75 Å². The molecular weight excluding hydrogens is 240 g/mol. The van der Waals surface area contributed by atoms with Crippen molar-refractivity contribution in [2.45, 2.75) is 38.1 Å². The number of oxazole rings is 1. The van der Waals surface area contributed by atoms with Gasteiger partial charge in [-0.05, 0) is 30.9 Å². The summed E-state index contributed by atoms with van der Waals surface area (Å²) in [5, 5.41) is 0. The van der Waals surface area contributed by atoms with Gasteiger partial charge in [0.05, 0.1) is 13.2 Å². The maximum atomic E-state index is 6.32. The van der Waals surface area contributed by atoms with Crippen molar-refractivity contribution in [2.24, 2.45) is 11.7 Å². The van der Waals surface area contributed by atoms with Crippen LogP contribution in [-0.4, -0.2) is 12.1 Å².